The molecule has 0 spiro atoms. The third kappa shape index (κ3) is 2.71. The Morgan fingerprint density at radius 1 is 1.27 bits per heavy atom. The molecule has 0 radical (unpaired) electrons. The average molecular weight is 211 g/mol. The van der Waals surface area contributed by atoms with Gasteiger partial charge in [-0.05, 0) is 39.4 Å². The van der Waals surface area contributed by atoms with E-state index in [2.05, 4.69) is 36.1 Å². The quantitative estimate of drug-likeness (QED) is 0.722. The zero-order valence-corrected chi connectivity index (χ0v) is 10.4. The maximum absolute atomic E-state index is 3.55. The number of rotatable bonds is 2. The molecule has 88 valence electrons. The monoisotopic (exact) mass is 211 g/mol. The molecule has 0 aliphatic carbocycles. The van der Waals surface area contributed by atoms with Crippen LogP contribution < -0.4 is 5.32 Å². The molecular weight excluding hydrogens is 186 g/mol. The minimum Gasteiger partial charge on any atom is -0.315 e. The molecule has 0 aromatic carbocycles. The van der Waals surface area contributed by atoms with E-state index in [1.54, 1.807) is 0 Å². The van der Waals surface area contributed by atoms with Gasteiger partial charge in [-0.3, -0.25) is 4.90 Å². The van der Waals surface area contributed by atoms with Gasteiger partial charge in [0.15, 0.2) is 0 Å². The number of hydrogen-bond donors (Lipinski definition) is 1. The lowest BCUT2D eigenvalue weighted by molar-refractivity contribution is 0.163. The first-order chi connectivity index (χ1) is 7.16. The number of nitrogens with zero attached hydrogens (tertiary/aromatic N) is 2. The van der Waals surface area contributed by atoms with Crippen LogP contribution in [0.15, 0.2) is 0 Å². The Balaban J connectivity index is 1.84. The van der Waals surface area contributed by atoms with E-state index < -0.39 is 0 Å². The molecule has 3 nitrogen and oxygen atoms in total. The summed E-state index contributed by atoms with van der Waals surface area (Å²) in [6.07, 6.45) is 2.73. The Labute approximate surface area is 93.8 Å². The molecule has 1 N–H and O–H groups in total. The number of hydrogen-bond acceptors (Lipinski definition) is 3. The molecule has 2 fully saturated rings. The van der Waals surface area contributed by atoms with Crippen molar-refractivity contribution >= 4 is 0 Å². The lowest BCUT2D eigenvalue weighted by atomic mass is 9.97. The van der Waals surface area contributed by atoms with Crippen LogP contribution in [0.3, 0.4) is 0 Å². The number of likely N-dealkylation sites (tertiary alicyclic amines) is 1. The van der Waals surface area contributed by atoms with Crippen LogP contribution >= 0.6 is 0 Å². The summed E-state index contributed by atoms with van der Waals surface area (Å²) in [7, 11) is 4.41. The smallest absolute Gasteiger partial charge is 0.0229 e. The molecule has 2 aliphatic rings. The molecular formula is C12H25N3. The fourth-order valence-corrected chi connectivity index (χ4v) is 2.93. The van der Waals surface area contributed by atoms with E-state index in [0.29, 0.717) is 0 Å². The summed E-state index contributed by atoms with van der Waals surface area (Å²) >= 11 is 0. The highest BCUT2D eigenvalue weighted by molar-refractivity contribution is 4.89. The molecule has 0 aromatic heterocycles. The van der Waals surface area contributed by atoms with E-state index in [0.717, 1.165) is 18.0 Å². The summed E-state index contributed by atoms with van der Waals surface area (Å²) < 4.78 is 0. The summed E-state index contributed by atoms with van der Waals surface area (Å²) in [5, 5.41) is 3.55. The zero-order valence-electron chi connectivity index (χ0n) is 10.4. The van der Waals surface area contributed by atoms with E-state index in [1.165, 1.54) is 39.0 Å². The van der Waals surface area contributed by atoms with E-state index in [9.17, 15) is 0 Å². The maximum atomic E-state index is 3.55. The molecule has 3 atom stereocenters. The highest BCUT2D eigenvalue weighted by Crippen LogP contribution is 2.21. The number of nitrogens with one attached hydrogen (secondary N) is 1. The summed E-state index contributed by atoms with van der Waals surface area (Å²) in [4.78, 5) is 5.06. The zero-order chi connectivity index (χ0) is 10.8. The van der Waals surface area contributed by atoms with Crippen LogP contribution in [0.1, 0.15) is 19.8 Å². The second-order valence-corrected chi connectivity index (χ2v) is 5.55. The van der Waals surface area contributed by atoms with Crippen molar-refractivity contribution in [2.45, 2.75) is 31.8 Å². The lowest BCUT2D eigenvalue weighted by Gasteiger charge is -2.35. The number of piperidine rings is 1. The Hall–Kier alpha value is -0.120. The molecule has 0 aromatic rings. The second kappa shape index (κ2) is 4.81. The molecule has 0 bridgehead atoms. The van der Waals surface area contributed by atoms with E-state index in [-0.39, 0.29) is 0 Å². The fourth-order valence-electron chi connectivity index (χ4n) is 2.93. The number of likely N-dealkylation sites (N-methyl/N-ethyl adjacent to an activating group) is 1. The van der Waals surface area contributed by atoms with E-state index >= 15 is 0 Å². The van der Waals surface area contributed by atoms with E-state index in [4.69, 9.17) is 0 Å². The van der Waals surface area contributed by atoms with Crippen LogP contribution in [0, 0.1) is 5.92 Å². The van der Waals surface area contributed by atoms with Crippen LogP contribution in [-0.2, 0) is 0 Å². The third-order valence-corrected chi connectivity index (χ3v) is 3.99. The SMILES string of the molecule is CC1CNCC(N2CCC(N(C)C)C2)C1. The van der Waals surface area contributed by atoms with Crippen molar-refractivity contribution in [2.24, 2.45) is 5.92 Å². The van der Waals surface area contributed by atoms with Crippen molar-refractivity contribution in [1.29, 1.82) is 0 Å². The fraction of sp³-hybridized carbons (Fsp3) is 1.00. The maximum Gasteiger partial charge on any atom is 0.0229 e. The van der Waals surface area contributed by atoms with Gasteiger partial charge < -0.3 is 10.2 Å². The lowest BCUT2D eigenvalue weighted by Crippen LogP contribution is -2.48. The molecule has 3 unspecified atom stereocenters. The van der Waals surface area contributed by atoms with Gasteiger partial charge >= 0.3 is 0 Å². The van der Waals surface area contributed by atoms with Crippen molar-refractivity contribution in [2.75, 3.05) is 40.3 Å². The summed E-state index contributed by atoms with van der Waals surface area (Å²) in [5.74, 6) is 0.849. The van der Waals surface area contributed by atoms with E-state index in [1.807, 2.05) is 0 Å². The van der Waals surface area contributed by atoms with Crippen molar-refractivity contribution in [3.05, 3.63) is 0 Å². The van der Waals surface area contributed by atoms with Crippen LogP contribution in [-0.4, -0.2) is 62.2 Å². The summed E-state index contributed by atoms with van der Waals surface area (Å²) in [5.41, 5.74) is 0. The van der Waals surface area contributed by atoms with Gasteiger partial charge in [0.2, 0.25) is 0 Å². The average Bonchev–Trinajstić information content (AvgIpc) is 2.66. The highest BCUT2D eigenvalue weighted by Gasteiger charge is 2.31. The molecule has 0 amide bonds. The van der Waals surface area contributed by atoms with Gasteiger partial charge in [0.05, 0.1) is 0 Å². The summed E-state index contributed by atoms with van der Waals surface area (Å²) in [6, 6.07) is 1.57. The summed E-state index contributed by atoms with van der Waals surface area (Å²) in [6.45, 7) is 7.33. The molecule has 2 aliphatic heterocycles. The molecule has 3 heteroatoms. The normalized spacial score (nSPS) is 38.8. The van der Waals surface area contributed by atoms with Crippen molar-refractivity contribution in [3.63, 3.8) is 0 Å². The Kier molecular flexibility index (Phi) is 3.65. The van der Waals surface area contributed by atoms with Gasteiger partial charge in [-0.15, -0.1) is 0 Å². The molecule has 15 heavy (non-hydrogen) atoms. The second-order valence-electron chi connectivity index (χ2n) is 5.55. The van der Waals surface area contributed by atoms with Crippen LogP contribution in [0.25, 0.3) is 0 Å². The van der Waals surface area contributed by atoms with Crippen molar-refractivity contribution in [1.82, 2.24) is 15.1 Å². The van der Waals surface area contributed by atoms with Gasteiger partial charge in [-0.1, -0.05) is 6.92 Å². The predicted octanol–water partition coefficient (Wildman–Crippen LogP) is 0.620. The Bertz CT molecular complexity index is 205. The minimum absolute atomic E-state index is 0.780. The van der Waals surface area contributed by atoms with Crippen LogP contribution in [0.4, 0.5) is 0 Å². The van der Waals surface area contributed by atoms with Gasteiger partial charge in [0, 0.05) is 31.7 Å². The van der Waals surface area contributed by atoms with Crippen molar-refractivity contribution in [3.8, 4) is 0 Å². The minimum atomic E-state index is 0.780. The van der Waals surface area contributed by atoms with Crippen molar-refractivity contribution < 1.29 is 0 Å². The molecule has 0 saturated carbocycles. The van der Waals surface area contributed by atoms with Crippen LogP contribution in [0.2, 0.25) is 0 Å². The molecule has 2 rings (SSSR count). The molecule has 2 saturated heterocycles. The van der Waals surface area contributed by atoms with Gasteiger partial charge in [0.1, 0.15) is 0 Å². The van der Waals surface area contributed by atoms with Gasteiger partial charge in [-0.2, -0.15) is 0 Å². The van der Waals surface area contributed by atoms with Gasteiger partial charge in [-0.25, -0.2) is 0 Å². The standard InChI is InChI=1S/C12H25N3/c1-10-6-12(8-13-7-10)15-5-4-11(9-15)14(2)3/h10-13H,4-9H2,1-3H3. The first-order valence-electron chi connectivity index (χ1n) is 6.28. The first-order valence-corrected chi connectivity index (χ1v) is 6.28. The van der Waals surface area contributed by atoms with Crippen LogP contribution in [0.5, 0.6) is 0 Å². The third-order valence-electron chi connectivity index (χ3n) is 3.99. The largest absolute Gasteiger partial charge is 0.315 e. The topological polar surface area (TPSA) is 18.5 Å². The highest BCUT2D eigenvalue weighted by atomic mass is 15.3. The van der Waals surface area contributed by atoms with Gasteiger partial charge in [0.25, 0.3) is 0 Å². The first kappa shape index (κ1) is 11.4. The Morgan fingerprint density at radius 3 is 2.67 bits per heavy atom. The molecule has 2 heterocycles. The Morgan fingerprint density at radius 2 is 2.07 bits per heavy atom. The predicted molar refractivity (Wildman–Crippen MR) is 64.1 cm³/mol.